The lowest BCUT2D eigenvalue weighted by molar-refractivity contribution is -0.127. The van der Waals surface area contributed by atoms with Crippen molar-refractivity contribution in [3.05, 3.63) is 52.6 Å². The lowest BCUT2D eigenvalue weighted by atomic mass is 9.94. The Morgan fingerprint density at radius 2 is 2.16 bits per heavy atom. The third-order valence-corrected chi connectivity index (χ3v) is 6.05. The van der Waals surface area contributed by atoms with Gasteiger partial charge in [0.05, 0.1) is 14.2 Å². The topological polar surface area (TPSA) is 77.7 Å². The predicted octanol–water partition coefficient (Wildman–Crippen LogP) is 4.31. The summed E-state index contributed by atoms with van der Waals surface area (Å²) in [4.78, 5) is 19.1. The van der Waals surface area contributed by atoms with E-state index in [2.05, 4.69) is 10.1 Å². The van der Waals surface area contributed by atoms with Gasteiger partial charge in [-0.05, 0) is 54.0 Å². The molecule has 2 aromatic heterocycles. The molecule has 4 rings (SSSR count). The number of methoxy groups -OCH3 is 2. The highest BCUT2D eigenvalue weighted by Gasteiger charge is 2.24. The number of carbonyl (C=O) groups excluding carboxylic acids is 1. The maximum atomic E-state index is 12.7. The van der Waals surface area contributed by atoms with Gasteiger partial charge in [-0.1, -0.05) is 11.2 Å². The number of carbonyl (C=O) groups is 1. The zero-order chi connectivity index (χ0) is 21.6. The molecule has 1 atom stereocenters. The molecule has 0 aliphatic carbocycles. The predicted molar refractivity (Wildman–Crippen MR) is 119 cm³/mol. The van der Waals surface area contributed by atoms with Gasteiger partial charge >= 0.3 is 0 Å². The van der Waals surface area contributed by atoms with E-state index < -0.39 is 0 Å². The Balaban J connectivity index is 1.36. The Bertz CT molecular complexity index is 1050. The van der Waals surface area contributed by atoms with Crippen LogP contribution >= 0.6 is 11.3 Å². The van der Waals surface area contributed by atoms with Crippen molar-refractivity contribution >= 4 is 23.3 Å². The highest BCUT2D eigenvalue weighted by molar-refractivity contribution is 7.08. The van der Waals surface area contributed by atoms with E-state index in [4.69, 9.17) is 14.0 Å². The monoisotopic (exact) mass is 439 g/mol. The fourth-order valence-electron chi connectivity index (χ4n) is 3.75. The number of rotatable bonds is 7. The number of benzene rings is 1. The highest BCUT2D eigenvalue weighted by atomic mass is 32.1. The normalized spacial score (nSPS) is 16.6. The molecule has 1 amide bonds. The first kappa shape index (κ1) is 21.1. The van der Waals surface area contributed by atoms with E-state index in [0.29, 0.717) is 42.1 Å². The number of thiophene rings is 1. The first-order valence-corrected chi connectivity index (χ1v) is 11.1. The lowest BCUT2D eigenvalue weighted by Crippen LogP contribution is -2.39. The smallest absolute Gasteiger partial charge is 0.246 e. The van der Waals surface area contributed by atoms with Crippen LogP contribution in [0.5, 0.6) is 11.5 Å². The highest BCUT2D eigenvalue weighted by Crippen LogP contribution is 2.28. The third-order valence-electron chi connectivity index (χ3n) is 5.37. The summed E-state index contributed by atoms with van der Waals surface area (Å²) in [5.74, 6) is 2.86. The van der Waals surface area contributed by atoms with Gasteiger partial charge < -0.3 is 18.9 Å². The van der Waals surface area contributed by atoms with Gasteiger partial charge in [-0.2, -0.15) is 16.3 Å². The second kappa shape index (κ2) is 9.78. The first-order chi connectivity index (χ1) is 15.2. The minimum atomic E-state index is 0.00368. The van der Waals surface area contributed by atoms with Crippen LogP contribution in [0.25, 0.3) is 17.5 Å². The van der Waals surface area contributed by atoms with Crippen LogP contribution in [-0.4, -0.2) is 48.3 Å². The summed E-state index contributed by atoms with van der Waals surface area (Å²) >= 11 is 1.60. The summed E-state index contributed by atoms with van der Waals surface area (Å²) in [6, 6.07) is 7.55. The molecule has 1 unspecified atom stereocenters. The van der Waals surface area contributed by atoms with Crippen molar-refractivity contribution in [2.75, 3.05) is 27.3 Å². The number of ether oxygens (including phenoxy) is 2. The molecule has 1 aliphatic rings. The van der Waals surface area contributed by atoms with E-state index in [1.807, 2.05) is 39.9 Å². The fourth-order valence-corrected chi connectivity index (χ4v) is 4.39. The number of likely N-dealkylation sites (tertiary alicyclic amines) is 1. The minimum absolute atomic E-state index is 0.00368. The zero-order valence-electron chi connectivity index (χ0n) is 17.6. The van der Waals surface area contributed by atoms with Crippen LogP contribution in [-0.2, 0) is 11.2 Å². The van der Waals surface area contributed by atoms with Crippen molar-refractivity contribution < 1.29 is 18.8 Å². The number of piperidine rings is 1. The van der Waals surface area contributed by atoms with E-state index in [1.165, 1.54) is 0 Å². The molecule has 8 heteroatoms. The Hall–Kier alpha value is -3.13. The van der Waals surface area contributed by atoms with Crippen LogP contribution in [0.2, 0.25) is 0 Å². The van der Waals surface area contributed by atoms with Crippen molar-refractivity contribution in [2.45, 2.75) is 19.3 Å². The Labute approximate surface area is 185 Å². The molecule has 1 aromatic carbocycles. The van der Waals surface area contributed by atoms with Crippen LogP contribution in [0.15, 0.2) is 45.6 Å². The summed E-state index contributed by atoms with van der Waals surface area (Å²) in [6.45, 7) is 1.45. The van der Waals surface area contributed by atoms with Gasteiger partial charge in [0, 0.05) is 36.5 Å². The third kappa shape index (κ3) is 5.14. The second-order valence-corrected chi connectivity index (χ2v) is 8.25. The summed E-state index contributed by atoms with van der Waals surface area (Å²) in [6.07, 6.45) is 6.11. The molecule has 1 saturated heterocycles. The fraction of sp³-hybridized carbons (Fsp3) is 0.348. The molecule has 0 radical (unpaired) electrons. The zero-order valence-corrected chi connectivity index (χ0v) is 18.4. The second-order valence-electron chi connectivity index (χ2n) is 7.47. The molecule has 31 heavy (non-hydrogen) atoms. The first-order valence-electron chi connectivity index (χ1n) is 10.2. The maximum Gasteiger partial charge on any atom is 0.246 e. The molecule has 7 nitrogen and oxygen atoms in total. The van der Waals surface area contributed by atoms with Crippen LogP contribution in [0.1, 0.15) is 24.3 Å². The number of nitrogens with zero attached hydrogens (tertiary/aromatic N) is 3. The SMILES string of the molecule is COc1ccc(C=CC(=O)N2CCCC(Cc3nc(-c4ccsc4)no3)C2)cc1OC. The van der Waals surface area contributed by atoms with E-state index in [9.17, 15) is 4.79 Å². The summed E-state index contributed by atoms with van der Waals surface area (Å²) in [5.41, 5.74) is 1.85. The van der Waals surface area contributed by atoms with Gasteiger partial charge in [-0.3, -0.25) is 4.79 Å². The van der Waals surface area contributed by atoms with E-state index in [0.717, 1.165) is 30.5 Å². The van der Waals surface area contributed by atoms with Gasteiger partial charge in [0.1, 0.15) is 0 Å². The quantitative estimate of drug-likeness (QED) is 0.511. The van der Waals surface area contributed by atoms with Crippen molar-refractivity contribution in [2.24, 2.45) is 5.92 Å². The molecule has 162 valence electrons. The van der Waals surface area contributed by atoms with Crippen LogP contribution in [0, 0.1) is 5.92 Å². The number of aromatic nitrogens is 2. The van der Waals surface area contributed by atoms with Gasteiger partial charge in [0.2, 0.25) is 17.6 Å². The summed E-state index contributed by atoms with van der Waals surface area (Å²) in [7, 11) is 3.19. The molecule has 3 aromatic rings. The number of hydrogen-bond acceptors (Lipinski definition) is 7. The van der Waals surface area contributed by atoms with Gasteiger partial charge in [0.15, 0.2) is 11.5 Å². The van der Waals surface area contributed by atoms with E-state index in [1.54, 1.807) is 37.7 Å². The minimum Gasteiger partial charge on any atom is -0.493 e. The summed E-state index contributed by atoms with van der Waals surface area (Å²) in [5, 5.41) is 8.07. The van der Waals surface area contributed by atoms with Crippen molar-refractivity contribution in [1.82, 2.24) is 15.0 Å². The van der Waals surface area contributed by atoms with Crippen LogP contribution in [0.4, 0.5) is 0 Å². The van der Waals surface area contributed by atoms with Gasteiger partial charge in [-0.15, -0.1) is 0 Å². The Kier molecular flexibility index (Phi) is 6.66. The van der Waals surface area contributed by atoms with Crippen LogP contribution in [0.3, 0.4) is 0 Å². The Morgan fingerprint density at radius 1 is 1.29 bits per heavy atom. The molecule has 0 spiro atoms. The molecular formula is C23H25N3O4S. The molecular weight excluding hydrogens is 414 g/mol. The molecule has 0 saturated carbocycles. The van der Waals surface area contributed by atoms with Crippen molar-refractivity contribution in [3.63, 3.8) is 0 Å². The lowest BCUT2D eigenvalue weighted by Gasteiger charge is -2.31. The molecule has 0 bridgehead atoms. The maximum absolute atomic E-state index is 12.7. The van der Waals surface area contributed by atoms with Crippen molar-refractivity contribution in [3.8, 4) is 22.9 Å². The molecule has 1 fully saturated rings. The van der Waals surface area contributed by atoms with Gasteiger partial charge in [0.25, 0.3) is 0 Å². The van der Waals surface area contributed by atoms with Crippen LogP contribution < -0.4 is 9.47 Å². The van der Waals surface area contributed by atoms with Crippen molar-refractivity contribution in [1.29, 1.82) is 0 Å². The number of amides is 1. The average Bonchev–Trinajstić information content (AvgIpc) is 3.49. The molecule has 3 heterocycles. The number of hydrogen-bond donors (Lipinski definition) is 0. The standard InChI is InChI=1S/C23H25N3O4S/c1-28-19-7-5-16(12-20(19)29-2)6-8-22(27)26-10-3-4-17(14-26)13-21-24-23(25-30-21)18-9-11-31-15-18/h5-9,11-12,15,17H,3-4,10,13-14H2,1-2H3. The van der Waals surface area contributed by atoms with E-state index >= 15 is 0 Å². The van der Waals surface area contributed by atoms with Gasteiger partial charge in [-0.25, -0.2) is 0 Å². The molecule has 0 N–H and O–H groups in total. The Morgan fingerprint density at radius 3 is 2.94 bits per heavy atom. The van der Waals surface area contributed by atoms with E-state index in [-0.39, 0.29) is 5.91 Å². The summed E-state index contributed by atoms with van der Waals surface area (Å²) < 4.78 is 16.0. The average molecular weight is 440 g/mol. The largest absolute Gasteiger partial charge is 0.493 e. The molecule has 1 aliphatic heterocycles.